The maximum absolute atomic E-state index is 11.3. The zero-order valence-corrected chi connectivity index (χ0v) is 9.08. The zero-order chi connectivity index (χ0) is 11.8. The molecule has 0 aliphatic heterocycles. The lowest BCUT2D eigenvalue weighted by molar-refractivity contribution is 0.255. The Morgan fingerprint density at radius 1 is 1.50 bits per heavy atom. The highest BCUT2D eigenvalue weighted by atomic mass is 16.2. The highest BCUT2D eigenvalue weighted by Gasteiger charge is 2.03. The SMILES string of the molecule is CCCNC(=N)NC(=O)Nc1ccccn1. The number of hydrogen-bond acceptors (Lipinski definition) is 3. The molecular weight excluding hydrogens is 206 g/mol. The highest BCUT2D eigenvalue weighted by molar-refractivity contribution is 6.00. The van der Waals surface area contributed by atoms with E-state index in [2.05, 4.69) is 20.9 Å². The molecule has 4 N–H and O–H groups in total. The molecule has 1 rings (SSSR count). The number of rotatable bonds is 3. The Labute approximate surface area is 94.0 Å². The molecule has 0 aromatic carbocycles. The molecule has 6 nitrogen and oxygen atoms in total. The Hall–Kier alpha value is -2.11. The molecule has 0 atom stereocenters. The fourth-order valence-electron chi connectivity index (χ4n) is 0.992. The highest BCUT2D eigenvalue weighted by Crippen LogP contribution is 1.98. The van der Waals surface area contributed by atoms with E-state index in [1.165, 1.54) is 0 Å². The Balaban J connectivity index is 2.34. The zero-order valence-electron chi connectivity index (χ0n) is 9.08. The molecule has 2 amide bonds. The number of carbonyl (C=O) groups is 1. The lowest BCUT2D eigenvalue weighted by Gasteiger charge is -2.08. The standard InChI is InChI=1S/C10H15N5O/c1-2-6-13-9(11)15-10(16)14-8-5-3-4-7-12-8/h3-5,7H,2,6H2,1H3,(H4,11,12,13,14,15,16). The maximum atomic E-state index is 11.3. The van der Waals surface area contributed by atoms with Crippen LogP contribution in [0.25, 0.3) is 0 Å². The number of amides is 2. The molecular formula is C10H15N5O. The van der Waals surface area contributed by atoms with Gasteiger partial charge in [0.25, 0.3) is 0 Å². The second-order valence-corrected chi connectivity index (χ2v) is 3.10. The fourth-order valence-corrected chi connectivity index (χ4v) is 0.992. The van der Waals surface area contributed by atoms with E-state index in [1.54, 1.807) is 24.4 Å². The number of aromatic nitrogens is 1. The van der Waals surface area contributed by atoms with E-state index in [4.69, 9.17) is 5.41 Å². The van der Waals surface area contributed by atoms with Crippen LogP contribution in [0.3, 0.4) is 0 Å². The van der Waals surface area contributed by atoms with Crippen molar-refractivity contribution in [2.24, 2.45) is 0 Å². The monoisotopic (exact) mass is 221 g/mol. The molecule has 1 heterocycles. The Kier molecular flexibility index (Phi) is 4.78. The first-order chi connectivity index (χ1) is 7.72. The van der Waals surface area contributed by atoms with E-state index in [0.29, 0.717) is 12.4 Å². The Bertz CT molecular complexity index is 351. The minimum absolute atomic E-state index is 0.0183. The number of nitrogens with zero attached hydrogens (tertiary/aromatic N) is 1. The van der Waals surface area contributed by atoms with E-state index in [0.717, 1.165) is 6.42 Å². The van der Waals surface area contributed by atoms with Crippen LogP contribution in [0.5, 0.6) is 0 Å². The van der Waals surface area contributed by atoms with Crippen LogP contribution in [0.1, 0.15) is 13.3 Å². The Morgan fingerprint density at radius 2 is 2.31 bits per heavy atom. The lowest BCUT2D eigenvalue weighted by atomic mass is 10.5. The largest absolute Gasteiger partial charge is 0.356 e. The van der Waals surface area contributed by atoms with Gasteiger partial charge < -0.3 is 5.32 Å². The average Bonchev–Trinajstić information content (AvgIpc) is 2.27. The third-order valence-electron chi connectivity index (χ3n) is 1.70. The summed E-state index contributed by atoms with van der Waals surface area (Å²) in [7, 11) is 0. The van der Waals surface area contributed by atoms with Crippen molar-refractivity contribution in [2.45, 2.75) is 13.3 Å². The molecule has 6 heteroatoms. The van der Waals surface area contributed by atoms with E-state index in [-0.39, 0.29) is 5.96 Å². The second-order valence-electron chi connectivity index (χ2n) is 3.10. The summed E-state index contributed by atoms with van der Waals surface area (Å²) < 4.78 is 0. The van der Waals surface area contributed by atoms with Crippen LogP contribution < -0.4 is 16.0 Å². The third-order valence-corrected chi connectivity index (χ3v) is 1.70. The molecule has 0 unspecified atom stereocenters. The first-order valence-corrected chi connectivity index (χ1v) is 5.04. The van der Waals surface area contributed by atoms with E-state index in [1.807, 2.05) is 6.92 Å². The first kappa shape index (κ1) is 12.0. The first-order valence-electron chi connectivity index (χ1n) is 5.04. The van der Waals surface area contributed by atoms with Gasteiger partial charge in [-0.1, -0.05) is 13.0 Å². The topological polar surface area (TPSA) is 89.9 Å². The van der Waals surface area contributed by atoms with Gasteiger partial charge in [0.1, 0.15) is 5.82 Å². The van der Waals surface area contributed by atoms with E-state index >= 15 is 0 Å². The molecule has 0 aliphatic carbocycles. The van der Waals surface area contributed by atoms with Crippen molar-refractivity contribution in [3.8, 4) is 0 Å². The fraction of sp³-hybridized carbons (Fsp3) is 0.300. The van der Waals surface area contributed by atoms with E-state index in [9.17, 15) is 4.79 Å². The summed E-state index contributed by atoms with van der Waals surface area (Å²) in [5, 5.41) is 15.0. The van der Waals surface area contributed by atoms with Gasteiger partial charge in [-0.3, -0.25) is 16.0 Å². The van der Waals surface area contributed by atoms with Crippen LogP contribution in [0.4, 0.5) is 10.6 Å². The Morgan fingerprint density at radius 3 is 2.94 bits per heavy atom. The molecule has 0 spiro atoms. The lowest BCUT2D eigenvalue weighted by Crippen LogP contribution is -2.42. The van der Waals surface area contributed by atoms with Crippen molar-refractivity contribution >= 4 is 17.8 Å². The molecule has 0 saturated heterocycles. The predicted octanol–water partition coefficient (Wildman–Crippen LogP) is 1.14. The molecule has 86 valence electrons. The number of urea groups is 1. The number of hydrogen-bond donors (Lipinski definition) is 4. The minimum Gasteiger partial charge on any atom is -0.356 e. The van der Waals surface area contributed by atoms with Crippen LogP contribution in [-0.4, -0.2) is 23.5 Å². The minimum atomic E-state index is -0.479. The van der Waals surface area contributed by atoms with Crippen molar-refractivity contribution in [3.63, 3.8) is 0 Å². The summed E-state index contributed by atoms with van der Waals surface area (Å²) in [6, 6.07) is 4.71. The van der Waals surface area contributed by atoms with E-state index < -0.39 is 6.03 Å². The summed E-state index contributed by atoms with van der Waals surface area (Å²) >= 11 is 0. The maximum Gasteiger partial charge on any atom is 0.327 e. The normalized spacial score (nSPS) is 9.31. The quantitative estimate of drug-likeness (QED) is 0.455. The third kappa shape index (κ3) is 4.41. The molecule has 0 saturated carbocycles. The smallest absolute Gasteiger partial charge is 0.327 e. The number of nitrogens with one attached hydrogen (secondary N) is 4. The van der Waals surface area contributed by atoms with Crippen LogP contribution in [0, 0.1) is 5.41 Å². The van der Waals surface area contributed by atoms with Gasteiger partial charge in [-0.25, -0.2) is 9.78 Å². The van der Waals surface area contributed by atoms with Crippen LogP contribution in [0.15, 0.2) is 24.4 Å². The van der Waals surface area contributed by atoms with Gasteiger partial charge in [0.15, 0.2) is 5.96 Å². The van der Waals surface area contributed by atoms with Crippen molar-refractivity contribution in [3.05, 3.63) is 24.4 Å². The predicted molar refractivity (Wildman–Crippen MR) is 62.4 cm³/mol. The van der Waals surface area contributed by atoms with Crippen LogP contribution in [0.2, 0.25) is 0 Å². The van der Waals surface area contributed by atoms with Crippen molar-refractivity contribution in [2.75, 3.05) is 11.9 Å². The van der Waals surface area contributed by atoms with Gasteiger partial charge in [0.2, 0.25) is 0 Å². The molecule has 16 heavy (non-hydrogen) atoms. The van der Waals surface area contributed by atoms with Gasteiger partial charge in [-0.2, -0.15) is 0 Å². The van der Waals surface area contributed by atoms with Crippen molar-refractivity contribution < 1.29 is 4.79 Å². The van der Waals surface area contributed by atoms with Gasteiger partial charge in [0.05, 0.1) is 0 Å². The average molecular weight is 221 g/mol. The van der Waals surface area contributed by atoms with Gasteiger partial charge in [-0.05, 0) is 18.6 Å². The molecule has 1 aromatic heterocycles. The number of pyridine rings is 1. The number of carbonyl (C=O) groups excluding carboxylic acids is 1. The summed E-state index contributed by atoms with van der Waals surface area (Å²) in [4.78, 5) is 15.3. The molecule has 1 aromatic rings. The second kappa shape index (κ2) is 6.39. The molecule has 0 aliphatic rings. The number of anilines is 1. The number of guanidine groups is 1. The van der Waals surface area contributed by atoms with Crippen LogP contribution >= 0.6 is 0 Å². The van der Waals surface area contributed by atoms with Crippen LogP contribution in [-0.2, 0) is 0 Å². The molecule has 0 fully saturated rings. The summed E-state index contributed by atoms with van der Waals surface area (Å²) in [5.41, 5.74) is 0. The van der Waals surface area contributed by atoms with Crippen molar-refractivity contribution in [1.82, 2.24) is 15.6 Å². The molecule has 0 radical (unpaired) electrons. The summed E-state index contributed by atoms with van der Waals surface area (Å²) in [6.45, 7) is 2.64. The summed E-state index contributed by atoms with van der Waals surface area (Å²) in [5.74, 6) is 0.429. The van der Waals surface area contributed by atoms with Crippen molar-refractivity contribution in [1.29, 1.82) is 5.41 Å². The molecule has 0 bridgehead atoms. The van der Waals surface area contributed by atoms with Gasteiger partial charge >= 0.3 is 6.03 Å². The van der Waals surface area contributed by atoms with Gasteiger partial charge in [0, 0.05) is 12.7 Å². The summed E-state index contributed by atoms with van der Waals surface area (Å²) in [6.07, 6.45) is 2.47. The van der Waals surface area contributed by atoms with Gasteiger partial charge in [-0.15, -0.1) is 0 Å².